The van der Waals surface area contributed by atoms with Crippen LogP contribution in [0.25, 0.3) is 0 Å². The van der Waals surface area contributed by atoms with Gasteiger partial charge in [-0.25, -0.2) is 0 Å². The number of hydrogen-bond donors (Lipinski definition) is 1. The summed E-state index contributed by atoms with van der Waals surface area (Å²) in [7, 11) is 6.62. The Kier molecular flexibility index (Phi) is 7.67. The lowest BCUT2D eigenvalue weighted by Gasteiger charge is -2.26. The summed E-state index contributed by atoms with van der Waals surface area (Å²) in [5, 5.41) is 3.47. The first-order chi connectivity index (χ1) is 10.1. The zero-order chi connectivity index (χ0) is 15.8. The number of benzene rings is 1. The van der Waals surface area contributed by atoms with Crippen molar-refractivity contribution >= 4 is 0 Å². The lowest BCUT2D eigenvalue weighted by atomic mass is 10.0. The van der Waals surface area contributed by atoms with Gasteiger partial charge in [0, 0.05) is 32.9 Å². The summed E-state index contributed by atoms with van der Waals surface area (Å²) in [5.41, 5.74) is 2.20. The second-order valence-electron chi connectivity index (χ2n) is 5.02. The van der Waals surface area contributed by atoms with Crippen LogP contribution in [0.1, 0.15) is 31.0 Å². The summed E-state index contributed by atoms with van der Waals surface area (Å²) >= 11 is 0. The molecule has 1 rings (SSSR count). The predicted molar refractivity (Wildman–Crippen MR) is 82.5 cm³/mol. The van der Waals surface area contributed by atoms with Crippen LogP contribution in [0.2, 0.25) is 0 Å². The van der Waals surface area contributed by atoms with Crippen LogP contribution in [-0.2, 0) is 20.8 Å². The number of methoxy groups -OCH3 is 4. The summed E-state index contributed by atoms with van der Waals surface area (Å²) < 4.78 is 21.1. The molecule has 0 aliphatic heterocycles. The molecule has 0 radical (unpaired) electrons. The van der Waals surface area contributed by atoms with Gasteiger partial charge in [0.05, 0.1) is 19.8 Å². The fourth-order valence-electron chi connectivity index (χ4n) is 2.41. The Morgan fingerprint density at radius 2 is 1.71 bits per heavy atom. The molecule has 1 N–H and O–H groups in total. The molecule has 0 bridgehead atoms. The first kappa shape index (κ1) is 17.9. The van der Waals surface area contributed by atoms with Gasteiger partial charge in [0.15, 0.2) is 6.29 Å². The van der Waals surface area contributed by atoms with Crippen molar-refractivity contribution in [1.29, 1.82) is 0 Å². The second-order valence-corrected chi connectivity index (χ2v) is 5.02. The third-order valence-corrected chi connectivity index (χ3v) is 3.49. The summed E-state index contributed by atoms with van der Waals surface area (Å²) in [6, 6.07) is 6.35. The summed E-state index contributed by atoms with van der Waals surface area (Å²) in [4.78, 5) is 0. The standard InChI is InChI=1S/C16H27NO4/c1-11(17-12(2)16(20-5)21-6)13-7-8-15(19-4)14(9-13)10-18-3/h7-9,11-12,16-17H,10H2,1-6H3. The lowest BCUT2D eigenvalue weighted by Crippen LogP contribution is -2.40. The fraction of sp³-hybridized carbons (Fsp3) is 0.625. The van der Waals surface area contributed by atoms with Crippen molar-refractivity contribution in [3.05, 3.63) is 29.3 Å². The van der Waals surface area contributed by atoms with Crippen LogP contribution in [-0.4, -0.2) is 40.8 Å². The van der Waals surface area contributed by atoms with Crippen LogP contribution < -0.4 is 10.1 Å². The van der Waals surface area contributed by atoms with Crippen LogP contribution in [0.15, 0.2) is 18.2 Å². The minimum atomic E-state index is -0.274. The van der Waals surface area contributed by atoms with E-state index in [1.807, 2.05) is 13.0 Å². The van der Waals surface area contributed by atoms with Crippen molar-refractivity contribution in [2.75, 3.05) is 28.4 Å². The van der Waals surface area contributed by atoms with Crippen molar-refractivity contribution in [3.8, 4) is 5.75 Å². The van der Waals surface area contributed by atoms with Crippen molar-refractivity contribution in [3.63, 3.8) is 0 Å². The predicted octanol–water partition coefficient (Wildman–Crippen LogP) is 2.50. The third kappa shape index (κ3) is 4.97. The van der Waals surface area contributed by atoms with E-state index in [9.17, 15) is 0 Å². The zero-order valence-electron chi connectivity index (χ0n) is 13.8. The molecule has 0 saturated carbocycles. The van der Waals surface area contributed by atoms with Crippen LogP contribution in [0.5, 0.6) is 5.75 Å². The molecule has 0 heterocycles. The Morgan fingerprint density at radius 3 is 2.24 bits per heavy atom. The Morgan fingerprint density at radius 1 is 1.05 bits per heavy atom. The average Bonchev–Trinajstić information content (AvgIpc) is 2.48. The van der Waals surface area contributed by atoms with Gasteiger partial charge in [0.25, 0.3) is 0 Å². The number of ether oxygens (including phenoxy) is 4. The molecule has 120 valence electrons. The Hall–Kier alpha value is -1.14. The van der Waals surface area contributed by atoms with Gasteiger partial charge in [0.2, 0.25) is 0 Å². The van der Waals surface area contributed by atoms with Crippen molar-refractivity contribution in [2.24, 2.45) is 0 Å². The summed E-state index contributed by atoms with van der Waals surface area (Å²) in [5.74, 6) is 0.840. The van der Waals surface area contributed by atoms with E-state index in [-0.39, 0.29) is 18.4 Å². The van der Waals surface area contributed by atoms with E-state index in [2.05, 4.69) is 24.4 Å². The van der Waals surface area contributed by atoms with Gasteiger partial charge in [-0.05, 0) is 31.5 Å². The highest BCUT2D eigenvalue weighted by Crippen LogP contribution is 2.24. The lowest BCUT2D eigenvalue weighted by molar-refractivity contribution is -0.120. The molecular weight excluding hydrogens is 270 g/mol. The van der Waals surface area contributed by atoms with Crippen molar-refractivity contribution in [2.45, 2.75) is 38.8 Å². The number of nitrogens with one attached hydrogen (secondary N) is 1. The van der Waals surface area contributed by atoms with E-state index in [1.54, 1.807) is 28.4 Å². The van der Waals surface area contributed by atoms with Crippen LogP contribution in [0.4, 0.5) is 0 Å². The molecule has 5 heteroatoms. The normalized spacial score (nSPS) is 14.2. The highest BCUT2D eigenvalue weighted by atomic mass is 16.7. The zero-order valence-corrected chi connectivity index (χ0v) is 13.8. The summed E-state index contributed by atoms with van der Waals surface area (Å²) in [6.45, 7) is 4.67. The molecule has 0 spiro atoms. The van der Waals surface area contributed by atoms with Crippen LogP contribution >= 0.6 is 0 Å². The average molecular weight is 297 g/mol. The van der Waals surface area contributed by atoms with E-state index in [0.717, 1.165) is 11.3 Å². The highest BCUT2D eigenvalue weighted by Gasteiger charge is 2.19. The summed E-state index contributed by atoms with van der Waals surface area (Å²) in [6.07, 6.45) is -0.274. The maximum Gasteiger partial charge on any atom is 0.171 e. The second kappa shape index (κ2) is 9.00. The Bertz CT molecular complexity index is 421. The Balaban J connectivity index is 2.82. The quantitative estimate of drug-likeness (QED) is 0.710. The fourth-order valence-corrected chi connectivity index (χ4v) is 2.41. The van der Waals surface area contributed by atoms with Crippen LogP contribution in [0, 0.1) is 0 Å². The monoisotopic (exact) mass is 297 g/mol. The first-order valence-electron chi connectivity index (χ1n) is 7.04. The molecular formula is C16H27NO4. The minimum Gasteiger partial charge on any atom is -0.496 e. The van der Waals surface area contributed by atoms with Gasteiger partial charge in [-0.15, -0.1) is 0 Å². The van der Waals surface area contributed by atoms with E-state index < -0.39 is 0 Å². The van der Waals surface area contributed by atoms with Gasteiger partial charge in [-0.2, -0.15) is 0 Å². The highest BCUT2D eigenvalue weighted by molar-refractivity contribution is 5.38. The molecule has 1 aromatic rings. The largest absolute Gasteiger partial charge is 0.496 e. The Labute approximate surface area is 127 Å². The van der Waals surface area contributed by atoms with E-state index in [1.165, 1.54) is 5.56 Å². The molecule has 21 heavy (non-hydrogen) atoms. The minimum absolute atomic E-state index is 0.0722. The molecule has 2 atom stereocenters. The van der Waals surface area contributed by atoms with E-state index in [4.69, 9.17) is 18.9 Å². The van der Waals surface area contributed by atoms with Gasteiger partial charge in [-0.1, -0.05) is 6.07 Å². The third-order valence-electron chi connectivity index (χ3n) is 3.49. The molecule has 0 aliphatic carbocycles. The topological polar surface area (TPSA) is 49.0 Å². The van der Waals surface area contributed by atoms with Gasteiger partial charge >= 0.3 is 0 Å². The van der Waals surface area contributed by atoms with Gasteiger partial charge < -0.3 is 24.3 Å². The molecule has 5 nitrogen and oxygen atoms in total. The first-order valence-corrected chi connectivity index (χ1v) is 7.04. The van der Waals surface area contributed by atoms with E-state index in [0.29, 0.717) is 6.61 Å². The molecule has 2 unspecified atom stereocenters. The van der Waals surface area contributed by atoms with Crippen molar-refractivity contribution < 1.29 is 18.9 Å². The molecule has 0 saturated heterocycles. The van der Waals surface area contributed by atoms with Crippen LogP contribution in [0.3, 0.4) is 0 Å². The molecule has 1 aromatic carbocycles. The van der Waals surface area contributed by atoms with Gasteiger partial charge in [-0.3, -0.25) is 0 Å². The molecule has 0 aliphatic rings. The molecule has 0 aromatic heterocycles. The maximum absolute atomic E-state index is 5.35. The van der Waals surface area contributed by atoms with Gasteiger partial charge in [0.1, 0.15) is 5.75 Å². The molecule has 0 amide bonds. The smallest absolute Gasteiger partial charge is 0.171 e. The number of rotatable bonds is 9. The van der Waals surface area contributed by atoms with Crippen molar-refractivity contribution in [1.82, 2.24) is 5.32 Å². The SMILES string of the molecule is COCc1cc(C(C)NC(C)C(OC)OC)ccc1OC. The van der Waals surface area contributed by atoms with E-state index >= 15 is 0 Å². The maximum atomic E-state index is 5.35. The molecule has 0 fully saturated rings. The number of hydrogen-bond acceptors (Lipinski definition) is 5.